The Bertz CT molecular complexity index is 1250. The minimum Gasteiger partial charge on any atom is -0.507 e. The molecule has 2 aromatic carbocycles. The van der Waals surface area contributed by atoms with Gasteiger partial charge in [0.25, 0.3) is 0 Å². The first-order valence-corrected chi connectivity index (χ1v) is 12.2. The van der Waals surface area contributed by atoms with Crippen LogP contribution in [-0.4, -0.2) is 35.7 Å². The number of hydrogen-bond acceptors (Lipinski definition) is 7. The van der Waals surface area contributed by atoms with E-state index in [-0.39, 0.29) is 16.9 Å². The van der Waals surface area contributed by atoms with Gasteiger partial charge in [0.2, 0.25) is 11.2 Å². The van der Waals surface area contributed by atoms with Gasteiger partial charge in [-0.05, 0) is 68.0 Å². The fourth-order valence-corrected chi connectivity index (χ4v) is 4.87. The lowest BCUT2D eigenvalue weighted by molar-refractivity contribution is 0.0505. The van der Waals surface area contributed by atoms with E-state index in [1.807, 2.05) is 6.92 Å². The van der Waals surface area contributed by atoms with Gasteiger partial charge in [-0.3, -0.25) is 9.69 Å². The van der Waals surface area contributed by atoms with Crippen molar-refractivity contribution in [3.8, 4) is 17.2 Å². The van der Waals surface area contributed by atoms with Crippen molar-refractivity contribution in [1.29, 1.82) is 0 Å². The molecular weight excluding hydrogens is 446 g/mol. The number of fused-ring (bicyclic) bond motifs is 1. The fourth-order valence-electron chi connectivity index (χ4n) is 4.87. The van der Waals surface area contributed by atoms with Crippen LogP contribution in [0.25, 0.3) is 11.0 Å². The smallest absolute Gasteiger partial charge is 0.338 e. The number of aryl methyl sites for hydroxylation is 1. The molecule has 1 saturated heterocycles. The van der Waals surface area contributed by atoms with Crippen LogP contribution in [0.4, 0.5) is 0 Å². The van der Waals surface area contributed by atoms with E-state index < -0.39 is 5.97 Å². The first-order valence-electron chi connectivity index (χ1n) is 12.2. The molecule has 0 saturated carbocycles. The van der Waals surface area contributed by atoms with E-state index in [2.05, 4.69) is 18.7 Å². The first kappa shape index (κ1) is 24.8. The molecule has 1 fully saturated rings. The maximum Gasteiger partial charge on any atom is 0.338 e. The van der Waals surface area contributed by atoms with Crippen LogP contribution < -0.4 is 10.2 Å². The minimum absolute atomic E-state index is 0.0793. The molecule has 0 radical (unpaired) electrons. The zero-order valence-corrected chi connectivity index (χ0v) is 20.8. The lowest BCUT2D eigenvalue weighted by atomic mass is 9.91. The number of rotatable bonds is 7. The van der Waals surface area contributed by atoms with E-state index in [1.54, 1.807) is 43.3 Å². The predicted molar refractivity (Wildman–Crippen MR) is 134 cm³/mol. The quantitative estimate of drug-likeness (QED) is 0.438. The molecule has 0 spiro atoms. The number of phenolic OH excluding ortho intramolecular Hbond substituents is 1. The highest BCUT2D eigenvalue weighted by molar-refractivity contribution is 5.89. The number of carbonyl (C=O) groups is 1. The summed E-state index contributed by atoms with van der Waals surface area (Å²) in [7, 11) is 0. The van der Waals surface area contributed by atoms with Gasteiger partial charge < -0.3 is 19.0 Å². The molecule has 35 heavy (non-hydrogen) atoms. The molecule has 1 aromatic heterocycles. The van der Waals surface area contributed by atoms with Crippen LogP contribution in [0.1, 0.15) is 55.3 Å². The van der Waals surface area contributed by atoms with Crippen molar-refractivity contribution >= 4 is 16.9 Å². The van der Waals surface area contributed by atoms with Crippen LogP contribution in [0, 0.1) is 18.8 Å². The third-order valence-electron chi connectivity index (χ3n) is 6.33. The van der Waals surface area contributed by atoms with Gasteiger partial charge in [0, 0.05) is 19.6 Å². The van der Waals surface area contributed by atoms with Crippen molar-refractivity contribution in [3.05, 3.63) is 63.5 Å². The van der Waals surface area contributed by atoms with Gasteiger partial charge in [-0.25, -0.2) is 4.79 Å². The summed E-state index contributed by atoms with van der Waals surface area (Å²) in [5.74, 6) is 1.67. The van der Waals surface area contributed by atoms with Crippen LogP contribution in [0.15, 0.2) is 45.6 Å². The topological polar surface area (TPSA) is 89.2 Å². The Morgan fingerprint density at radius 1 is 1.11 bits per heavy atom. The number of ether oxygens (including phenoxy) is 2. The largest absolute Gasteiger partial charge is 0.507 e. The van der Waals surface area contributed by atoms with Gasteiger partial charge in [0.05, 0.1) is 23.1 Å². The van der Waals surface area contributed by atoms with Crippen LogP contribution in [0.2, 0.25) is 0 Å². The Kier molecular flexibility index (Phi) is 7.45. The highest BCUT2D eigenvalue weighted by atomic mass is 16.5. The average Bonchev–Trinajstić information content (AvgIpc) is 2.82. The normalized spacial score (nSPS) is 18.5. The second-order valence-corrected chi connectivity index (χ2v) is 9.66. The van der Waals surface area contributed by atoms with Gasteiger partial charge in [0.1, 0.15) is 22.8 Å². The molecule has 2 atom stereocenters. The Labute approximate surface area is 205 Å². The van der Waals surface area contributed by atoms with Gasteiger partial charge in [-0.1, -0.05) is 20.8 Å². The molecule has 0 aliphatic carbocycles. The SMILES string of the molecule is CCCOC(=O)c1ccc(Oc2c(C)oc3c(CN4CC(C)CC(C)C4)c(O)ccc3c2=O)cc1. The minimum atomic E-state index is -0.398. The first-order chi connectivity index (χ1) is 16.8. The number of hydrogen-bond donors (Lipinski definition) is 1. The van der Waals surface area contributed by atoms with Crippen LogP contribution in [-0.2, 0) is 11.3 Å². The number of benzene rings is 2. The molecule has 1 aliphatic heterocycles. The van der Waals surface area contributed by atoms with Crippen LogP contribution in [0.3, 0.4) is 0 Å². The van der Waals surface area contributed by atoms with Gasteiger partial charge in [-0.15, -0.1) is 0 Å². The van der Waals surface area contributed by atoms with E-state index in [9.17, 15) is 14.7 Å². The van der Waals surface area contributed by atoms with E-state index in [0.29, 0.717) is 58.6 Å². The van der Waals surface area contributed by atoms with Gasteiger partial charge >= 0.3 is 5.97 Å². The Hall–Kier alpha value is -3.32. The lowest BCUT2D eigenvalue weighted by Gasteiger charge is -2.35. The molecule has 2 heterocycles. The monoisotopic (exact) mass is 479 g/mol. The summed E-state index contributed by atoms with van der Waals surface area (Å²) in [6, 6.07) is 9.55. The molecule has 2 unspecified atom stereocenters. The van der Waals surface area contributed by atoms with Crippen molar-refractivity contribution < 1.29 is 23.8 Å². The summed E-state index contributed by atoms with van der Waals surface area (Å²) in [5.41, 5.74) is 1.11. The fraction of sp³-hybridized carbons (Fsp3) is 0.429. The van der Waals surface area contributed by atoms with Gasteiger partial charge in [0.15, 0.2) is 0 Å². The molecule has 1 N–H and O–H groups in total. The van der Waals surface area contributed by atoms with Crippen molar-refractivity contribution in [2.45, 2.75) is 47.1 Å². The zero-order valence-electron chi connectivity index (χ0n) is 20.8. The molecular formula is C28H33NO6. The average molecular weight is 480 g/mol. The highest BCUT2D eigenvalue weighted by Crippen LogP contribution is 2.33. The lowest BCUT2D eigenvalue weighted by Crippen LogP contribution is -2.38. The third kappa shape index (κ3) is 5.51. The molecule has 7 heteroatoms. The number of likely N-dealkylation sites (tertiary alicyclic amines) is 1. The second kappa shape index (κ2) is 10.5. The summed E-state index contributed by atoms with van der Waals surface area (Å²) < 4.78 is 17.1. The molecule has 0 amide bonds. The highest BCUT2D eigenvalue weighted by Gasteiger charge is 2.25. The Morgan fingerprint density at radius 3 is 2.46 bits per heavy atom. The molecule has 7 nitrogen and oxygen atoms in total. The van der Waals surface area contributed by atoms with Crippen molar-refractivity contribution in [2.75, 3.05) is 19.7 Å². The maximum atomic E-state index is 13.4. The number of aromatic hydroxyl groups is 1. The molecule has 186 valence electrons. The number of carbonyl (C=O) groups excluding carboxylic acids is 1. The maximum absolute atomic E-state index is 13.4. The zero-order chi connectivity index (χ0) is 25.1. The van der Waals surface area contributed by atoms with Crippen molar-refractivity contribution in [1.82, 2.24) is 4.90 Å². The summed E-state index contributed by atoms with van der Waals surface area (Å²) in [6.45, 7) is 10.8. The molecule has 4 rings (SSSR count). The second-order valence-electron chi connectivity index (χ2n) is 9.66. The number of phenols is 1. The van der Waals surface area contributed by atoms with E-state index >= 15 is 0 Å². The Morgan fingerprint density at radius 2 is 1.80 bits per heavy atom. The summed E-state index contributed by atoms with van der Waals surface area (Å²) >= 11 is 0. The van der Waals surface area contributed by atoms with E-state index in [4.69, 9.17) is 13.9 Å². The molecule has 0 bridgehead atoms. The third-order valence-corrected chi connectivity index (χ3v) is 6.33. The number of esters is 1. The summed E-state index contributed by atoms with van der Waals surface area (Å²) in [5, 5.41) is 11.0. The standard InChI is InChI=1S/C28H33NO6/c1-5-12-33-28(32)20-6-8-21(9-7-20)35-26-19(4)34-27-22(25(26)31)10-11-24(30)23(27)16-29-14-17(2)13-18(3)15-29/h6-11,17-18,30H,5,12-16H2,1-4H3. The van der Waals surface area contributed by atoms with Crippen molar-refractivity contribution in [2.24, 2.45) is 11.8 Å². The number of nitrogens with zero attached hydrogens (tertiary/aromatic N) is 1. The summed E-state index contributed by atoms with van der Waals surface area (Å²) in [4.78, 5) is 27.7. The predicted octanol–water partition coefficient (Wildman–Crippen LogP) is 5.64. The molecule has 1 aliphatic rings. The molecule has 3 aromatic rings. The van der Waals surface area contributed by atoms with Crippen molar-refractivity contribution in [3.63, 3.8) is 0 Å². The van der Waals surface area contributed by atoms with Crippen LogP contribution in [0.5, 0.6) is 17.2 Å². The van der Waals surface area contributed by atoms with E-state index in [0.717, 1.165) is 19.5 Å². The van der Waals surface area contributed by atoms with Gasteiger partial charge in [-0.2, -0.15) is 0 Å². The summed E-state index contributed by atoms with van der Waals surface area (Å²) in [6.07, 6.45) is 1.94. The van der Waals surface area contributed by atoms with E-state index in [1.165, 1.54) is 6.42 Å². The number of piperidine rings is 1. The Balaban J connectivity index is 1.62. The van der Waals surface area contributed by atoms with Crippen LogP contribution >= 0.6 is 0 Å².